The summed E-state index contributed by atoms with van der Waals surface area (Å²) in [4.78, 5) is 11.7. The van der Waals surface area contributed by atoms with Gasteiger partial charge in [-0.2, -0.15) is 5.10 Å². The van der Waals surface area contributed by atoms with Crippen LogP contribution in [-0.4, -0.2) is 20.9 Å². The molecule has 1 aliphatic rings. The smallest absolute Gasteiger partial charge is 0.225 e. The Morgan fingerprint density at radius 3 is 3.06 bits per heavy atom. The fourth-order valence-corrected chi connectivity index (χ4v) is 3.01. The van der Waals surface area contributed by atoms with Crippen LogP contribution in [0.5, 0.6) is 0 Å². The van der Waals surface area contributed by atoms with Crippen LogP contribution in [-0.2, 0) is 18.3 Å². The van der Waals surface area contributed by atoms with Crippen molar-refractivity contribution in [2.75, 3.05) is 5.32 Å². The van der Waals surface area contributed by atoms with Crippen molar-refractivity contribution < 1.29 is 4.79 Å². The van der Waals surface area contributed by atoms with Crippen LogP contribution in [0.4, 0.5) is 5.69 Å². The Morgan fingerprint density at radius 1 is 1.62 bits per heavy atom. The van der Waals surface area contributed by atoms with Crippen LogP contribution in [0.3, 0.4) is 0 Å². The molecule has 0 saturated heterocycles. The van der Waals surface area contributed by atoms with Crippen LogP contribution in [0.1, 0.15) is 32.4 Å². The van der Waals surface area contributed by atoms with E-state index < -0.39 is 0 Å². The average Bonchev–Trinajstić information content (AvgIpc) is 2.41. The highest BCUT2D eigenvalue weighted by Crippen LogP contribution is 2.36. The molecule has 1 unspecified atom stereocenters. The van der Waals surface area contributed by atoms with Crippen LogP contribution in [0.2, 0.25) is 0 Å². The first-order chi connectivity index (χ1) is 7.61. The summed E-state index contributed by atoms with van der Waals surface area (Å²) in [6.07, 6.45) is 2.53. The highest BCUT2D eigenvalue weighted by Gasteiger charge is 2.25. The number of nitrogens with one attached hydrogen (secondary N) is 1. The van der Waals surface area contributed by atoms with Gasteiger partial charge in [0.1, 0.15) is 5.03 Å². The zero-order valence-corrected chi connectivity index (χ0v) is 10.7. The molecule has 0 aromatic carbocycles. The molecule has 1 N–H and O–H groups in total. The van der Waals surface area contributed by atoms with Gasteiger partial charge in [-0.15, -0.1) is 11.8 Å². The fourth-order valence-electron chi connectivity index (χ4n) is 1.92. The third-order valence-electron chi connectivity index (χ3n) is 2.60. The van der Waals surface area contributed by atoms with Gasteiger partial charge in [0.25, 0.3) is 0 Å². The van der Waals surface area contributed by atoms with E-state index in [9.17, 15) is 4.79 Å². The Labute approximate surface area is 99.8 Å². The molecule has 0 bridgehead atoms. The third kappa shape index (κ3) is 2.09. The molecule has 0 aliphatic carbocycles. The summed E-state index contributed by atoms with van der Waals surface area (Å²) in [6, 6.07) is 0. The fraction of sp³-hybridized carbons (Fsp3) is 0.636. The monoisotopic (exact) mass is 239 g/mol. The summed E-state index contributed by atoms with van der Waals surface area (Å²) < 4.78 is 1.88. The maximum atomic E-state index is 11.7. The number of rotatable bonds is 2. The van der Waals surface area contributed by atoms with Gasteiger partial charge in [0.05, 0.1) is 11.4 Å². The third-order valence-corrected chi connectivity index (χ3v) is 3.86. The second kappa shape index (κ2) is 4.49. The summed E-state index contributed by atoms with van der Waals surface area (Å²) >= 11 is 1.73. The van der Waals surface area contributed by atoms with E-state index in [-0.39, 0.29) is 5.91 Å². The van der Waals surface area contributed by atoms with E-state index in [2.05, 4.69) is 24.3 Å². The number of amides is 1. The van der Waals surface area contributed by atoms with Crippen molar-refractivity contribution >= 4 is 23.4 Å². The van der Waals surface area contributed by atoms with Crippen molar-refractivity contribution in [1.29, 1.82) is 0 Å². The second-order valence-corrected chi connectivity index (χ2v) is 5.61. The number of hydrogen-bond acceptors (Lipinski definition) is 3. The Hall–Kier alpha value is -0.970. The molecule has 0 fully saturated rings. The number of thioether (sulfide) groups is 1. The van der Waals surface area contributed by atoms with Crippen molar-refractivity contribution in [3.8, 4) is 0 Å². The number of carbonyl (C=O) groups excluding carboxylic acids is 1. The van der Waals surface area contributed by atoms with Gasteiger partial charge in [0.15, 0.2) is 0 Å². The maximum absolute atomic E-state index is 11.7. The quantitative estimate of drug-likeness (QED) is 0.860. The number of aromatic nitrogens is 2. The van der Waals surface area contributed by atoms with Gasteiger partial charge in [0.2, 0.25) is 5.91 Å². The van der Waals surface area contributed by atoms with Gasteiger partial charge >= 0.3 is 0 Å². The van der Waals surface area contributed by atoms with E-state index in [0.717, 1.165) is 29.2 Å². The predicted octanol–water partition coefficient (Wildman–Crippen LogP) is 2.20. The largest absolute Gasteiger partial charge is 0.322 e. The lowest BCUT2D eigenvalue weighted by atomic mass is 10.2. The standard InChI is InChI=1S/C11H17N3OS/c1-4-5-8-10-11(14(3)13-8)16-7(2)6-9(15)12-10/h7H,4-6H2,1-3H3,(H,12,15). The molecule has 16 heavy (non-hydrogen) atoms. The van der Waals surface area contributed by atoms with Gasteiger partial charge < -0.3 is 5.32 Å². The SMILES string of the molecule is CCCc1nn(C)c2c1NC(=O)CC(C)S2. The molecule has 88 valence electrons. The number of fused-ring (bicyclic) bond motifs is 1. The first-order valence-corrected chi connectivity index (χ1v) is 6.52. The molecule has 0 spiro atoms. The molecular weight excluding hydrogens is 222 g/mol. The first kappa shape index (κ1) is 11.5. The minimum Gasteiger partial charge on any atom is -0.322 e. The summed E-state index contributed by atoms with van der Waals surface area (Å²) in [7, 11) is 1.94. The van der Waals surface area contributed by atoms with Crippen LogP contribution in [0.15, 0.2) is 5.03 Å². The van der Waals surface area contributed by atoms with Crippen molar-refractivity contribution in [1.82, 2.24) is 9.78 Å². The molecule has 4 nitrogen and oxygen atoms in total. The van der Waals surface area contributed by atoms with Crippen molar-refractivity contribution in [2.45, 2.75) is 43.4 Å². The van der Waals surface area contributed by atoms with E-state index in [1.165, 1.54) is 0 Å². The number of carbonyl (C=O) groups is 1. The zero-order chi connectivity index (χ0) is 11.7. The summed E-state index contributed by atoms with van der Waals surface area (Å²) in [5.74, 6) is 0.101. The summed E-state index contributed by atoms with van der Waals surface area (Å²) in [5.41, 5.74) is 1.94. The average molecular weight is 239 g/mol. The topological polar surface area (TPSA) is 46.9 Å². The van der Waals surface area contributed by atoms with Crippen LogP contribution in [0, 0.1) is 0 Å². The predicted molar refractivity (Wildman–Crippen MR) is 65.8 cm³/mol. The van der Waals surface area contributed by atoms with E-state index >= 15 is 0 Å². The summed E-state index contributed by atoms with van der Waals surface area (Å²) in [6.45, 7) is 4.20. The molecular formula is C11H17N3OS. The van der Waals surface area contributed by atoms with Crippen LogP contribution in [0.25, 0.3) is 0 Å². The van der Waals surface area contributed by atoms with Crippen molar-refractivity contribution in [2.24, 2.45) is 7.05 Å². The molecule has 1 aromatic rings. The minimum absolute atomic E-state index is 0.101. The minimum atomic E-state index is 0.101. The van der Waals surface area contributed by atoms with Gasteiger partial charge in [-0.05, 0) is 6.42 Å². The highest BCUT2D eigenvalue weighted by molar-refractivity contribution is 8.00. The van der Waals surface area contributed by atoms with E-state index in [4.69, 9.17) is 0 Å². The van der Waals surface area contributed by atoms with Gasteiger partial charge in [-0.3, -0.25) is 9.48 Å². The Bertz CT molecular complexity index is 414. The highest BCUT2D eigenvalue weighted by atomic mass is 32.2. The Morgan fingerprint density at radius 2 is 2.38 bits per heavy atom. The molecule has 1 aliphatic heterocycles. The van der Waals surface area contributed by atoms with E-state index in [1.54, 1.807) is 11.8 Å². The first-order valence-electron chi connectivity index (χ1n) is 5.64. The second-order valence-electron chi connectivity index (χ2n) is 4.18. The van der Waals surface area contributed by atoms with Gasteiger partial charge in [-0.1, -0.05) is 20.3 Å². The molecule has 5 heteroatoms. The molecule has 0 saturated carbocycles. The lowest BCUT2D eigenvalue weighted by Gasteiger charge is -2.05. The normalized spacial score (nSPS) is 20.2. The molecule has 1 amide bonds. The van der Waals surface area contributed by atoms with E-state index in [0.29, 0.717) is 11.7 Å². The number of hydrogen-bond donors (Lipinski definition) is 1. The molecule has 1 aromatic heterocycles. The number of nitrogens with zero attached hydrogens (tertiary/aromatic N) is 2. The zero-order valence-electron chi connectivity index (χ0n) is 9.91. The molecule has 0 radical (unpaired) electrons. The lowest BCUT2D eigenvalue weighted by Crippen LogP contribution is -2.14. The number of aryl methyl sites for hydroxylation is 2. The molecule has 2 rings (SSSR count). The summed E-state index contributed by atoms with van der Waals surface area (Å²) in [5, 5.41) is 8.85. The van der Waals surface area contributed by atoms with Crippen LogP contribution < -0.4 is 5.32 Å². The van der Waals surface area contributed by atoms with Crippen LogP contribution >= 0.6 is 11.8 Å². The van der Waals surface area contributed by atoms with Crippen molar-refractivity contribution in [3.63, 3.8) is 0 Å². The maximum Gasteiger partial charge on any atom is 0.225 e. The van der Waals surface area contributed by atoms with E-state index in [1.807, 2.05) is 11.7 Å². The number of anilines is 1. The Kier molecular flexibility index (Phi) is 3.23. The van der Waals surface area contributed by atoms with Gasteiger partial charge in [0, 0.05) is 18.7 Å². The lowest BCUT2D eigenvalue weighted by molar-refractivity contribution is -0.116. The Balaban J connectivity index is 2.41. The molecule has 2 heterocycles. The molecule has 1 atom stereocenters. The van der Waals surface area contributed by atoms with Crippen molar-refractivity contribution in [3.05, 3.63) is 5.69 Å². The van der Waals surface area contributed by atoms with Gasteiger partial charge in [-0.25, -0.2) is 0 Å².